The average molecular weight is 197 g/mol. The van der Waals surface area contributed by atoms with Crippen LogP contribution in [0.1, 0.15) is 18.9 Å². The Morgan fingerprint density at radius 2 is 2.29 bits per heavy atom. The Bertz CT molecular complexity index is 254. The van der Waals surface area contributed by atoms with Crippen LogP contribution in [0, 0.1) is 0 Å². The highest BCUT2D eigenvalue weighted by Gasteiger charge is 2.05. The van der Waals surface area contributed by atoms with Crippen LogP contribution in [0.5, 0.6) is 0 Å². The largest absolute Gasteiger partial charge is 0.395 e. The number of hydrogen-bond acceptors (Lipinski definition) is 3. The van der Waals surface area contributed by atoms with Gasteiger partial charge in [-0.05, 0) is 13.0 Å². The fourth-order valence-electron chi connectivity index (χ4n) is 1.54. The third-order valence-electron chi connectivity index (χ3n) is 2.12. The Balaban J connectivity index is 2.46. The molecular weight excluding hydrogens is 178 g/mol. The summed E-state index contributed by atoms with van der Waals surface area (Å²) in [5.41, 5.74) is 1.20. The predicted molar refractivity (Wildman–Crippen MR) is 55.9 cm³/mol. The number of nitrogens with zero attached hydrogens (tertiary/aromatic N) is 3. The van der Waals surface area contributed by atoms with Crippen molar-refractivity contribution in [3.8, 4) is 0 Å². The average Bonchev–Trinajstić information content (AvgIpc) is 2.52. The first kappa shape index (κ1) is 11.2. The monoisotopic (exact) mass is 197 g/mol. The molecule has 4 heteroatoms. The second-order valence-corrected chi connectivity index (χ2v) is 3.52. The van der Waals surface area contributed by atoms with E-state index in [1.54, 1.807) is 4.68 Å². The number of aliphatic hydroxyl groups is 1. The molecule has 14 heavy (non-hydrogen) atoms. The van der Waals surface area contributed by atoms with Gasteiger partial charge in [0.05, 0.1) is 12.8 Å². The molecule has 0 amide bonds. The molecule has 4 nitrogen and oxygen atoms in total. The first-order chi connectivity index (χ1) is 6.76. The molecule has 0 aliphatic heterocycles. The predicted octanol–water partition coefficient (Wildman–Crippen LogP) is 0.624. The lowest BCUT2D eigenvalue weighted by atomic mass is 10.3. The SMILES string of the molecule is CCCN(CCO)Cc1cnn(C)c1. The van der Waals surface area contributed by atoms with E-state index in [-0.39, 0.29) is 6.61 Å². The number of aliphatic hydroxyl groups excluding tert-OH is 1. The minimum Gasteiger partial charge on any atom is -0.395 e. The highest BCUT2D eigenvalue weighted by atomic mass is 16.3. The van der Waals surface area contributed by atoms with Crippen molar-refractivity contribution in [2.75, 3.05) is 19.7 Å². The van der Waals surface area contributed by atoms with Crippen LogP contribution in [0.25, 0.3) is 0 Å². The summed E-state index contributed by atoms with van der Waals surface area (Å²) in [5, 5.41) is 13.0. The molecule has 0 atom stereocenters. The quantitative estimate of drug-likeness (QED) is 0.727. The zero-order valence-corrected chi connectivity index (χ0v) is 8.98. The Hall–Kier alpha value is -0.870. The summed E-state index contributed by atoms with van der Waals surface area (Å²) >= 11 is 0. The molecule has 0 saturated heterocycles. The summed E-state index contributed by atoms with van der Waals surface area (Å²) in [4.78, 5) is 2.23. The Labute approximate surface area is 85.1 Å². The molecule has 1 aromatic rings. The second-order valence-electron chi connectivity index (χ2n) is 3.52. The Morgan fingerprint density at radius 1 is 1.50 bits per heavy atom. The highest BCUT2D eigenvalue weighted by Crippen LogP contribution is 2.03. The zero-order chi connectivity index (χ0) is 10.4. The van der Waals surface area contributed by atoms with Crippen LogP contribution in [0.3, 0.4) is 0 Å². The van der Waals surface area contributed by atoms with Gasteiger partial charge in [-0.2, -0.15) is 5.10 Å². The molecular formula is C10H19N3O. The molecule has 0 fully saturated rings. The molecule has 0 unspecified atom stereocenters. The van der Waals surface area contributed by atoms with Crippen LogP contribution >= 0.6 is 0 Å². The van der Waals surface area contributed by atoms with Crippen molar-refractivity contribution in [1.29, 1.82) is 0 Å². The van der Waals surface area contributed by atoms with Gasteiger partial charge in [0.1, 0.15) is 0 Å². The first-order valence-corrected chi connectivity index (χ1v) is 5.07. The van der Waals surface area contributed by atoms with Crippen molar-refractivity contribution < 1.29 is 5.11 Å². The number of rotatable bonds is 6. The van der Waals surface area contributed by atoms with Gasteiger partial charge in [-0.25, -0.2) is 0 Å². The molecule has 0 bridgehead atoms. The van der Waals surface area contributed by atoms with Crippen molar-refractivity contribution in [1.82, 2.24) is 14.7 Å². The fourth-order valence-corrected chi connectivity index (χ4v) is 1.54. The lowest BCUT2D eigenvalue weighted by Crippen LogP contribution is -2.27. The van der Waals surface area contributed by atoms with Gasteiger partial charge in [0.2, 0.25) is 0 Å². The van der Waals surface area contributed by atoms with Crippen molar-refractivity contribution in [3.63, 3.8) is 0 Å². The molecule has 0 aromatic carbocycles. The standard InChI is InChI=1S/C10H19N3O/c1-3-4-13(5-6-14)9-10-7-11-12(2)8-10/h7-8,14H,3-6,9H2,1-2H3. The van der Waals surface area contributed by atoms with Gasteiger partial charge in [-0.1, -0.05) is 6.92 Å². The van der Waals surface area contributed by atoms with Crippen LogP contribution in [-0.2, 0) is 13.6 Å². The first-order valence-electron chi connectivity index (χ1n) is 5.07. The summed E-state index contributed by atoms with van der Waals surface area (Å²) in [6, 6.07) is 0. The minimum atomic E-state index is 0.222. The summed E-state index contributed by atoms with van der Waals surface area (Å²) in [5.74, 6) is 0. The van der Waals surface area contributed by atoms with E-state index >= 15 is 0 Å². The Morgan fingerprint density at radius 3 is 2.79 bits per heavy atom. The normalized spacial score (nSPS) is 11.1. The third kappa shape index (κ3) is 3.47. The van der Waals surface area contributed by atoms with E-state index < -0.39 is 0 Å². The van der Waals surface area contributed by atoms with Crippen LogP contribution in [0.2, 0.25) is 0 Å². The molecule has 0 radical (unpaired) electrons. The lowest BCUT2D eigenvalue weighted by molar-refractivity contribution is 0.190. The van der Waals surface area contributed by atoms with Crippen molar-refractivity contribution in [2.24, 2.45) is 7.05 Å². The van der Waals surface area contributed by atoms with Crippen molar-refractivity contribution in [2.45, 2.75) is 19.9 Å². The van der Waals surface area contributed by atoms with Crippen LogP contribution in [0.4, 0.5) is 0 Å². The van der Waals surface area contributed by atoms with Crippen LogP contribution < -0.4 is 0 Å². The maximum absolute atomic E-state index is 8.88. The Kier molecular flexibility index (Phi) is 4.62. The topological polar surface area (TPSA) is 41.3 Å². The van der Waals surface area contributed by atoms with Gasteiger partial charge < -0.3 is 5.11 Å². The summed E-state index contributed by atoms with van der Waals surface area (Å²) in [7, 11) is 1.92. The summed E-state index contributed by atoms with van der Waals surface area (Å²) in [6.45, 7) is 5.01. The van der Waals surface area contributed by atoms with E-state index in [9.17, 15) is 0 Å². The molecule has 0 aliphatic rings. The second kappa shape index (κ2) is 5.78. The fraction of sp³-hybridized carbons (Fsp3) is 0.700. The van der Waals surface area contributed by atoms with Gasteiger partial charge in [-0.3, -0.25) is 9.58 Å². The number of aryl methyl sites for hydroxylation is 1. The van der Waals surface area contributed by atoms with Crippen molar-refractivity contribution >= 4 is 0 Å². The maximum Gasteiger partial charge on any atom is 0.0558 e. The molecule has 1 rings (SSSR count). The third-order valence-corrected chi connectivity index (χ3v) is 2.12. The maximum atomic E-state index is 8.88. The molecule has 0 saturated carbocycles. The van der Waals surface area contributed by atoms with Gasteiger partial charge in [0, 0.05) is 31.9 Å². The van der Waals surface area contributed by atoms with Gasteiger partial charge in [-0.15, -0.1) is 0 Å². The molecule has 0 spiro atoms. The smallest absolute Gasteiger partial charge is 0.0558 e. The molecule has 80 valence electrons. The van der Waals surface area contributed by atoms with Gasteiger partial charge in [0.15, 0.2) is 0 Å². The van der Waals surface area contributed by atoms with E-state index in [4.69, 9.17) is 5.11 Å². The van der Waals surface area contributed by atoms with Crippen molar-refractivity contribution in [3.05, 3.63) is 18.0 Å². The molecule has 1 aromatic heterocycles. The molecule has 0 aliphatic carbocycles. The molecule has 1 N–H and O–H groups in total. The van der Waals surface area contributed by atoms with E-state index in [2.05, 4.69) is 16.9 Å². The summed E-state index contributed by atoms with van der Waals surface area (Å²) < 4.78 is 1.80. The van der Waals surface area contributed by atoms with Crippen LogP contribution in [-0.4, -0.2) is 39.5 Å². The molecule has 1 heterocycles. The summed E-state index contributed by atoms with van der Waals surface area (Å²) in [6.07, 6.45) is 5.00. The number of hydrogen-bond donors (Lipinski definition) is 1. The van der Waals surface area contributed by atoms with Gasteiger partial charge >= 0.3 is 0 Å². The van der Waals surface area contributed by atoms with Gasteiger partial charge in [0.25, 0.3) is 0 Å². The minimum absolute atomic E-state index is 0.222. The zero-order valence-electron chi connectivity index (χ0n) is 8.98. The number of aromatic nitrogens is 2. The van der Waals surface area contributed by atoms with E-state index in [1.807, 2.05) is 19.4 Å². The highest BCUT2D eigenvalue weighted by molar-refractivity contribution is 5.03. The van der Waals surface area contributed by atoms with E-state index in [0.29, 0.717) is 0 Å². The lowest BCUT2D eigenvalue weighted by Gasteiger charge is -2.19. The van der Waals surface area contributed by atoms with E-state index in [1.165, 1.54) is 5.56 Å². The van der Waals surface area contributed by atoms with E-state index in [0.717, 1.165) is 26.1 Å². The van der Waals surface area contributed by atoms with Crippen LogP contribution in [0.15, 0.2) is 12.4 Å².